The summed E-state index contributed by atoms with van der Waals surface area (Å²) in [5.74, 6) is -0.214. The monoisotopic (exact) mass is 213 g/mol. The summed E-state index contributed by atoms with van der Waals surface area (Å²) in [4.78, 5) is 22.1. The fourth-order valence-electron chi connectivity index (χ4n) is 2.19. The van der Waals surface area contributed by atoms with Gasteiger partial charge in [0.05, 0.1) is 6.54 Å². The molecular weight excluding hydrogens is 194 g/mol. The standard InChI is InChI=1S/C10H19N3O2/c1-6-2-7(4-8(11)3-6)10(15)13-5-9(12)14/h6-8H,2-5,11H2,1H3,(H2,12,14)(H,13,15). The zero-order valence-corrected chi connectivity index (χ0v) is 9.03. The number of hydrogen-bond acceptors (Lipinski definition) is 3. The minimum Gasteiger partial charge on any atom is -0.368 e. The fourth-order valence-corrected chi connectivity index (χ4v) is 2.19. The molecule has 1 rings (SSSR count). The topological polar surface area (TPSA) is 98.2 Å². The number of hydrogen-bond donors (Lipinski definition) is 3. The molecule has 0 saturated heterocycles. The number of nitrogens with one attached hydrogen (secondary N) is 1. The maximum Gasteiger partial charge on any atom is 0.236 e. The fraction of sp³-hybridized carbons (Fsp3) is 0.800. The summed E-state index contributed by atoms with van der Waals surface area (Å²) in [7, 11) is 0. The lowest BCUT2D eigenvalue weighted by molar-refractivity contribution is -0.129. The molecule has 5 N–H and O–H groups in total. The Balaban J connectivity index is 2.41. The molecule has 0 bridgehead atoms. The molecule has 0 aliphatic heterocycles. The summed E-state index contributed by atoms with van der Waals surface area (Å²) in [6.07, 6.45) is 2.52. The first kappa shape index (κ1) is 12.0. The molecule has 2 amide bonds. The Morgan fingerprint density at radius 2 is 2.00 bits per heavy atom. The summed E-state index contributed by atoms with van der Waals surface area (Å²) in [6, 6.07) is 0.0954. The highest BCUT2D eigenvalue weighted by atomic mass is 16.2. The van der Waals surface area contributed by atoms with Crippen molar-refractivity contribution >= 4 is 11.8 Å². The van der Waals surface area contributed by atoms with Gasteiger partial charge < -0.3 is 16.8 Å². The van der Waals surface area contributed by atoms with Crippen molar-refractivity contribution in [1.82, 2.24) is 5.32 Å². The molecule has 0 radical (unpaired) electrons. The van der Waals surface area contributed by atoms with E-state index in [0.717, 1.165) is 12.8 Å². The van der Waals surface area contributed by atoms with Crippen molar-refractivity contribution in [2.75, 3.05) is 6.54 Å². The Morgan fingerprint density at radius 1 is 1.33 bits per heavy atom. The Bertz CT molecular complexity index is 245. The number of nitrogens with two attached hydrogens (primary N) is 2. The van der Waals surface area contributed by atoms with Crippen LogP contribution < -0.4 is 16.8 Å². The van der Waals surface area contributed by atoms with Gasteiger partial charge >= 0.3 is 0 Å². The smallest absolute Gasteiger partial charge is 0.236 e. The highest BCUT2D eigenvalue weighted by Crippen LogP contribution is 2.27. The lowest BCUT2D eigenvalue weighted by atomic mass is 9.79. The maximum atomic E-state index is 11.6. The summed E-state index contributed by atoms with van der Waals surface area (Å²) >= 11 is 0. The van der Waals surface area contributed by atoms with Crippen LogP contribution in [-0.2, 0) is 9.59 Å². The van der Waals surface area contributed by atoms with Crippen LogP contribution in [0.3, 0.4) is 0 Å². The van der Waals surface area contributed by atoms with Gasteiger partial charge in [-0.25, -0.2) is 0 Å². The summed E-state index contributed by atoms with van der Waals surface area (Å²) in [5.41, 5.74) is 10.8. The van der Waals surface area contributed by atoms with Crippen LogP contribution in [0.15, 0.2) is 0 Å². The average Bonchev–Trinajstić information content (AvgIpc) is 2.12. The maximum absolute atomic E-state index is 11.6. The molecule has 0 aromatic heterocycles. The van der Waals surface area contributed by atoms with E-state index in [0.29, 0.717) is 12.3 Å². The van der Waals surface area contributed by atoms with E-state index in [2.05, 4.69) is 12.2 Å². The highest BCUT2D eigenvalue weighted by Gasteiger charge is 2.29. The number of primary amides is 1. The molecule has 3 unspecified atom stereocenters. The van der Waals surface area contributed by atoms with Crippen molar-refractivity contribution in [1.29, 1.82) is 0 Å². The van der Waals surface area contributed by atoms with Crippen LogP contribution in [0.2, 0.25) is 0 Å². The lowest BCUT2D eigenvalue weighted by Gasteiger charge is -2.30. The van der Waals surface area contributed by atoms with Crippen molar-refractivity contribution in [2.45, 2.75) is 32.2 Å². The SMILES string of the molecule is CC1CC(N)CC(C(=O)NCC(N)=O)C1. The number of rotatable bonds is 3. The predicted molar refractivity (Wildman–Crippen MR) is 56.7 cm³/mol. The molecule has 5 heteroatoms. The van der Waals surface area contributed by atoms with Gasteiger partial charge in [-0.1, -0.05) is 6.92 Å². The second kappa shape index (κ2) is 5.11. The van der Waals surface area contributed by atoms with E-state index in [-0.39, 0.29) is 24.4 Å². The molecule has 0 aromatic rings. The first-order valence-corrected chi connectivity index (χ1v) is 5.30. The molecular formula is C10H19N3O2. The van der Waals surface area contributed by atoms with Gasteiger partial charge in [0.1, 0.15) is 0 Å². The molecule has 86 valence electrons. The quantitative estimate of drug-likeness (QED) is 0.581. The van der Waals surface area contributed by atoms with Crippen LogP contribution in [0, 0.1) is 11.8 Å². The van der Waals surface area contributed by atoms with Gasteiger partial charge in [-0.15, -0.1) is 0 Å². The van der Waals surface area contributed by atoms with Crippen molar-refractivity contribution in [3.05, 3.63) is 0 Å². The third kappa shape index (κ3) is 3.87. The van der Waals surface area contributed by atoms with E-state index in [1.54, 1.807) is 0 Å². The Morgan fingerprint density at radius 3 is 2.53 bits per heavy atom. The number of carbonyl (C=O) groups excluding carboxylic acids is 2. The van der Waals surface area contributed by atoms with Gasteiger partial charge in [0.25, 0.3) is 0 Å². The molecule has 0 heterocycles. The summed E-state index contributed by atoms with van der Waals surface area (Å²) < 4.78 is 0. The predicted octanol–water partition coefficient (Wildman–Crippen LogP) is -0.649. The molecule has 1 saturated carbocycles. The minimum absolute atomic E-state index is 0.0666. The summed E-state index contributed by atoms with van der Waals surface area (Å²) in [5, 5.41) is 2.52. The molecule has 3 atom stereocenters. The Kier molecular flexibility index (Phi) is 4.08. The van der Waals surface area contributed by atoms with E-state index in [4.69, 9.17) is 11.5 Å². The minimum atomic E-state index is -0.517. The first-order valence-electron chi connectivity index (χ1n) is 5.30. The van der Waals surface area contributed by atoms with Crippen molar-refractivity contribution in [3.8, 4) is 0 Å². The third-order valence-corrected chi connectivity index (χ3v) is 2.79. The van der Waals surface area contributed by atoms with Crippen molar-refractivity contribution in [2.24, 2.45) is 23.3 Å². The van der Waals surface area contributed by atoms with E-state index >= 15 is 0 Å². The third-order valence-electron chi connectivity index (χ3n) is 2.79. The van der Waals surface area contributed by atoms with E-state index in [1.807, 2.05) is 0 Å². The van der Waals surface area contributed by atoms with E-state index < -0.39 is 5.91 Å². The van der Waals surface area contributed by atoms with Crippen LogP contribution >= 0.6 is 0 Å². The van der Waals surface area contributed by atoms with E-state index in [1.165, 1.54) is 0 Å². The van der Waals surface area contributed by atoms with Crippen LogP contribution in [-0.4, -0.2) is 24.4 Å². The van der Waals surface area contributed by atoms with Gasteiger partial charge in [-0.3, -0.25) is 9.59 Å². The number of carbonyl (C=O) groups is 2. The van der Waals surface area contributed by atoms with Gasteiger partial charge in [-0.2, -0.15) is 0 Å². The number of amides is 2. The van der Waals surface area contributed by atoms with Gasteiger partial charge in [-0.05, 0) is 25.2 Å². The molecule has 5 nitrogen and oxygen atoms in total. The average molecular weight is 213 g/mol. The van der Waals surface area contributed by atoms with Crippen LogP contribution in [0.25, 0.3) is 0 Å². The Hall–Kier alpha value is -1.10. The summed E-state index contributed by atoms with van der Waals surface area (Å²) in [6.45, 7) is 2.01. The van der Waals surface area contributed by atoms with Gasteiger partial charge in [0.2, 0.25) is 11.8 Å². The van der Waals surface area contributed by atoms with Crippen molar-refractivity contribution in [3.63, 3.8) is 0 Å². The Labute approximate surface area is 89.6 Å². The normalized spacial score (nSPS) is 30.9. The largest absolute Gasteiger partial charge is 0.368 e. The first-order chi connectivity index (χ1) is 6.99. The van der Waals surface area contributed by atoms with Crippen LogP contribution in [0.4, 0.5) is 0 Å². The molecule has 0 aromatic carbocycles. The zero-order valence-electron chi connectivity index (χ0n) is 9.03. The molecule has 0 spiro atoms. The van der Waals surface area contributed by atoms with Crippen LogP contribution in [0.1, 0.15) is 26.2 Å². The zero-order chi connectivity index (χ0) is 11.4. The molecule has 1 fully saturated rings. The van der Waals surface area contributed by atoms with E-state index in [9.17, 15) is 9.59 Å². The second-order valence-corrected chi connectivity index (χ2v) is 4.45. The van der Waals surface area contributed by atoms with Crippen molar-refractivity contribution < 1.29 is 9.59 Å². The second-order valence-electron chi connectivity index (χ2n) is 4.45. The molecule has 15 heavy (non-hydrogen) atoms. The lowest BCUT2D eigenvalue weighted by Crippen LogP contribution is -2.42. The van der Waals surface area contributed by atoms with Crippen LogP contribution in [0.5, 0.6) is 0 Å². The molecule has 1 aliphatic rings. The highest BCUT2D eigenvalue weighted by molar-refractivity contribution is 5.85. The molecule has 1 aliphatic carbocycles. The van der Waals surface area contributed by atoms with Gasteiger partial charge in [0, 0.05) is 12.0 Å². The van der Waals surface area contributed by atoms with Gasteiger partial charge in [0.15, 0.2) is 0 Å².